The summed E-state index contributed by atoms with van der Waals surface area (Å²) in [5.74, 6) is -0.514. The average molecular weight is 468 g/mol. The molecule has 3 atom stereocenters. The highest BCUT2D eigenvalue weighted by Crippen LogP contribution is 2.40. The van der Waals surface area contributed by atoms with Crippen molar-refractivity contribution in [1.82, 2.24) is 5.32 Å². The van der Waals surface area contributed by atoms with Crippen LogP contribution in [0.15, 0.2) is 78.9 Å². The number of nitrogens with one attached hydrogen (secondary N) is 1. The molecule has 3 unspecified atom stereocenters. The molecule has 2 N–H and O–H groups in total. The van der Waals surface area contributed by atoms with Crippen LogP contribution >= 0.6 is 0 Å². The number of aryl methyl sites for hydroxylation is 1. The Kier molecular flexibility index (Phi) is 6.40. The fourth-order valence-corrected chi connectivity index (χ4v) is 5.59. The summed E-state index contributed by atoms with van der Waals surface area (Å²) in [6.07, 6.45) is 1.93. The molecule has 0 heterocycles. The molecule has 178 valence electrons. The molecule has 4 aromatic carbocycles. The molecule has 0 amide bonds. The zero-order chi connectivity index (χ0) is 24.5. The van der Waals surface area contributed by atoms with Crippen LogP contribution in [0.1, 0.15) is 63.5 Å². The smallest absolute Gasteiger partial charge is 0.335 e. The molecular formula is C31H30FNO2. The van der Waals surface area contributed by atoms with Crippen LogP contribution in [0.25, 0.3) is 10.8 Å². The number of aromatic carboxylic acids is 1. The van der Waals surface area contributed by atoms with E-state index >= 15 is 0 Å². The molecule has 4 aromatic rings. The van der Waals surface area contributed by atoms with Crippen molar-refractivity contribution in [1.29, 1.82) is 0 Å². The summed E-state index contributed by atoms with van der Waals surface area (Å²) in [7, 11) is 0. The van der Waals surface area contributed by atoms with Gasteiger partial charge in [-0.15, -0.1) is 0 Å². The van der Waals surface area contributed by atoms with Gasteiger partial charge < -0.3 is 10.4 Å². The normalized spacial score (nSPS) is 18.3. The molecule has 0 aliphatic heterocycles. The Hall–Kier alpha value is -3.50. The summed E-state index contributed by atoms with van der Waals surface area (Å²) in [6, 6.07) is 25.5. The van der Waals surface area contributed by atoms with Crippen LogP contribution in [0.3, 0.4) is 0 Å². The Labute approximate surface area is 205 Å². The monoisotopic (exact) mass is 467 g/mol. The molecule has 0 fully saturated rings. The molecule has 1 aliphatic rings. The van der Waals surface area contributed by atoms with Gasteiger partial charge >= 0.3 is 5.97 Å². The lowest BCUT2D eigenvalue weighted by Gasteiger charge is -2.33. The van der Waals surface area contributed by atoms with E-state index in [0.717, 1.165) is 41.5 Å². The van der Waals surface area contributed by atoms with Crippen LogP contribution < -0.4 is 5.32 Å². The zero-order valence-corrected chi connectivity index (χ0v) is 20.1. The van der Waals surface area contributed by atoms with Crippen molar-refractivity contribution in [3.8, 4) is 0 Å². The second kappa shape index (κ2) is 9.63. The van der Waals surface area contributed by atoms with E-state index in [2.05, 4.69) is 42.6 Å². The first-order valence-electron chi connectivity index (χ1n) is 12.2. The molecule has 0 radical (unpaired) electrons. The van der Waals surface area contributed by atoms with E-state index in [1.807, 2.05) is 49.4 Å². The lowest BCUT2D eigenvalue weighted by molar-refractivity contribution is 0.0696. The van der Waals surface area contributed by atoms with E-state index < -0.39 is 5.97 Å². The van der Waals surface area contributed by atoms with E-state index in [0.29, 0.717) is 16.9 Å². The minimum atomic E-state index is -0.882. The lowest BCUT2D eigenvalue weighted by Crippen LogP contribution is -2.31. The van der Waals surface area contributed by atoms with Gasteiger partial charge in [-0.1, -0.05) is 66.7 Å². The SMILES string of the molecule is Cc1ccc(C2CC(CNC(C)c3ccc(F)c4ccccc34)Cc3ccccc32)cc1C(=O)O. The predicted octanol–water partition coefficient (Wildman–Crippen LogP) is 7.03. The summed E-state index contributed by atoms with van der Waals surface area (Å²) in [5.41, 5.74) is 5.93. The predicted molar refractivity (Wildman–Crippen MR) is 139 cm³/mol. The fraction of sp³-hybridized carbons (Fsp3) is 0.258. The van der Waals surface area contributed by atoms with Crippen LogP contribution in [0.4, 0.5) is 4.39 Å². The van der Waals surface area contributed by atoms with Crippen LogP contribution in [0.5, 0.6) is 0 Å². The molecule has 0 saturated carbocycles. The summed E-state index contributed by atoms with van der Waals surface area (Å²) < 4.78 is 14.3. The Bertz CT molecular complexity index is 1400. The number of carboxylic acids is 1. The van der Waals surface area contributed by atoms with E-state index in [1.165, 1.54) is 11.1 Å². The Morgan fingerprint density at radius 1 is 1.03 bits per heavy atom. The maximum Gasteiger partial charge on any atom is 0.335 e. The van der Waals surface area contributed by atoms with Gasteiger partial charge in [0, 0.05) is 17.3 Å². The molecule has 35 heavy (non-hydrogen) atoms. The van der Waals surface area contributed by atoms with Crippen molar-refractivity contribution in [2.75, 3.05) is 6.54 Å². The molecule has 0 aromatic heterocycles. The summed E-state index contributed by atoms with van der Waals surface area (Å²) in [6.45, 7) is 4.80. The van der Waals surface area contributed by atoms with Gasteiger partial charge in [0.15, 0.2) is 0 Å². The number of halogens is 1. The average Bonchev–Trinajstić information content (AvgIpc) is 2.87. The van der Waals surface area contributed by atoms with Gasteiger partial charge in [0.1, 0.15) is 5.82 Å². The van der Waals surface area contributed by atoms with E-state index in [-0.39, 0.29) is 17.8 Å². The maximum atomic E-state index is 14.3. The molecular weight excluding hydrogens is 437 g/mol. The van der Waals surface area contributed by atoms with Crippen molar-refractivity contribution in [3.63, 3.8) is 0 Å². The van der Waals surface area contributed by atoms with E-state index in [9.17, 15) is 14.3 Å². The summed E-state index contributed by atoms with van der Waals surface area (Å²) in [5, 5.41) is 14.9. The first kappa shape index (κ1) is 23.3. The number of hydrogen-bond acceptors (Lipinski definition) is 2. The fourth-order valence-electron chi connectivity index (χ4n) is 5.59. The highest BCUT2D eigenvalue weighted by molar-refractivity contribution is 5.89. The largest absolute Gasteiger partial charge is 0.478 e. The molecule has 4 heteroatoms. The van der Waals surface area contributed by atoms with Crippen molar-refractivity contribution in [3.05, 3.63) is 118 Å². The second-order valence-electron chi connectivity index (χ2n) is 9.75. The van der Waals surface area contributed by atoms with Gasteiger partial charge in [-0.05, 0) is 84.5 Å². The van der Waals surface area contributed by atoms with E-state index in [4.69, 9.17) is 0 Å². The molecule has 0 bridgehead atoms. The number of carbonyl (C=O) groups is 1. The van der Waals surface area contributed by atoms with Gasteiger partial charge in [-0.25, -0.2) is 9.18 Å². The number of carboxylic acid groups (broad SMARTS) is 1. The standard InChI is InChI=1S/C31H30FNO2/c1-19-11-12-23(17-28(19)31(34)35)29-16-21(15-22-7-3-4-8-25(22)29)18-33-20(2)24-13-14-30(32)27-10-6-5-9-26(24)27/h3-14,17,20-21,29,33H,15-16,18H2,1-2H3,(H,34,35). The molecule has 3 nitrogen and oxygen atoms in total. The first-order chi connectivity index (χ1) is 16.9. The highest BCUT2D eigenvalue weighted by atomic mass is 19.1. The third-order valence-corrected chi connectivity index (χ3v) is 7.49. The number of benzene rings is 4. The minimum Gasteiger partial charge on any atom is -0.478 e. The van der Waals surface area contributed by atoms with Gasteiger partial charge in [0.05, 0.1) is 5.56 Å². The van der Waals surface area contributed by atoms with Crippen molar-refractivity contribution >= 4 is 16.7 Å². The van der Waals surface area contributed by atoms with Gasteiger partial charge in [-0.2, -0.15) is 0 Å². The molecule has 1 aliphatic carbocycles. The van der Waals surface area contributed by atoms with Gasteiger partial charge in [-0.3, -0.25) is 0 Å². The zero-order valence-electron chi connectivity index (χ0n) is 20.1. The topological polar surface area (TPSA) is 49.3 Å². The van der Waals surface area contributed by atoms with Crippen LogP contribution in [-0.4, -0.2) is 17.6 Å². The summed E-state index contributed by atoms with van der Waals surface area (Å²) in [4.78, 5) is 11.8. The Balaban J connectivity index is 1.39. The highest BCUT2D eigenvalue weighted by Gasteiger charge is 2.29. The molecule has 0 saturated heterocycles. The quantitative estimate of drug-likeness (QED) is 0.320. The summed E-state index contributed by atoms with van der Waals surface area (Å²) >= 11 is 0. The van der Waals surface area contributed by atoms with Gasteiger partial charge in [0.25, 0.3) is 0 Å². The van der Waals surface area contributed by atoms with Gasteiger partial charge in [0.2, 0.25) is 0 Å². The number of rotatable bonds is 6. The van der Waals surface area contributed by atoms with Crippen molar-refractivity contribution < 1.29 is 14.3 Å². The first-order valence-corrected chi connectivity index (χ1v) is 12.2. The van der Waals surface area contributed by atoms with Crippen LogP contribution in [0.2, 0.25) is 0 Å². The maximum absolute atomic E-state index is 14.3. The Morgan fingerprint density at radius 2 is 1.77 bits per heavy atom. The number of hydrogen-bond donors (Lipinski definition) is 2. The third kappa shape index (κ3) is 4.59. The third-order valence-electron chi connectivity index (χ3n) is 7.49. The minimum absolute atomic E-state index is 0.0779. The molecule has 5 rings (SSSR count). The second-order valence-corrected chi connectivity index (χ2v) is 9.75. The number of fused-ring (bicyclic) bond motifs is 2. The Morgan fingerprint density at radius 3 is 2.57 bits per heavy atom. The molecule has 0 spiro atoms. The lowest BCUT2D eigenvalue weighted by atomic mass is 9.73. The van der Waals surface area contributed by atoms with Crippen molar-refractivity contribution in [2.24, 2.45) is 5.92 Å². The van der Waals surface area contributed by atoms with Crippen LogP contribution in [-0.2, 0) is 6.42 Å². The van der Waals surface area contributed by atoms with Crippen LogP contribution in [0, 0.1) is 18.7 Å². The van der Waals surface area contributed by atoms with Crippen molar-refractivity contribution in [2.45, 2.75) is 38.6 Å². The van der Waals surface area contributed by atoms with E-state index in [1.54, 1.807) is 6.07 Å².